The number of carbonyl (C=O) groups is 1. The minimum atomic E-state index is -0.543. The molecule has 3 rings (SSSR count). The zero-order valence-corrected chi connectivity index (χ0v) is 19.0. The Morgan fingerprint density at radius 1 is 1.45 bits per heavy atom. The van der Waals surface area contributed by atoms with Gasteiger partial charge in [0.15, 0.2) is 0 Å². The van der Waals surface area contributed by atoms with E-state index in [-0.39, 0.29) is 29.5 Å². The van der Waals surface area contributed by atoms with Gasteiger partial charge in [-0.05, 0) is 45.1 Å². The summed E-state index contributed by atoms with van der Waals surface area (Å²) in [5, 5.41) is 0. The molecule has 5 atom stereocenters. The average molecular weight is 440 g/mol. The van der Waals surface area contributed by atoms with Crippen LogP contribution in [0.25, 0.3) is 0 Å². The first kappa shape index (κ1) is 23.6. The van der Waals surface area contributed by atoms with Gasteiger partial charge in [0.1, 0.15) is 5.82 Å². The van der Waals surface area contributed by atoms with Crippen molar-refractivity contribution in [1.29, 1.82) is 0 Å². The predicted octanol–water partition coefficient (Wildman–Crippen LogP) is 2.02. The van der Waals surface area contributed by atoms with Crippen molar-refractivity contribution in [3.8, 4) is 5.88 Å². The number of fused-ring (bicyclic) bond motifs is 1. The molecule has 2 fully saturated rings. The normalized spacial score (nSPS) is 26.5. The summed E-state index contributed by atoms with van der Waals surface area (Å²) < 4.78 is 29.9. The first-order valence-electron chi connectivity index (χ1n) is 10.8. The Hall–Kier alpha value is -2.04. The number of hydrazine groups is 1. The van der Waals surface area contributed by atoms with Crippen LogP contribution >= 0.6 is 0 Å². The molecule has 9 nitrogen and oxygen atoms in total. The second kappa shape index (κ2) is 10.1. The summed E-state index contributed by atoms with van der Waals surface area (Å²) >= 11 is 0. The van der Waals surface area contributed by atoms with Gasteiger partial charge in [0.05, 0.1) is 39.2 Å². The third-order valence-electron chi connectivity index (χ3n) is 6.74. The maximum absolute atomic E-state index is 13.7. The number of rotatable bonds is 10. The van der Waals surface area contributed by atoms with Crippen LogP contribution in [0.5, 0.6) is 5.88 Å². The van der Waals surface area contributed by atoms with Crippen LogP contribution in [0.2, 0.25) is 0 Å². The summed E-state index contributed by atoms with van der Waals surface area (Å²) in [6, 6.07) is -0.168. The van der Waals surface area contributed by atoms with Crippen LogP contribution in [0.4, 0.5) is 9.18 Å². The maximum atomic E-state index is 13.7. The van der Waals surface area contributed by atoms with Gasteiger partial charge >= 0.3 is 6.09 Å². The van der Waals surface area contributed by atoms with Crippen molar-refractivity contribution in [3.05, 3.63) is 17.8 Å². The van der Waals surface area contributed by atoms with Gasteiger partial charge in [-0.25, -0.2) is 9.78 Å². The molecule has 31 heavy (non-hydrogen) atoms. The van der Waals surface area contributed by atoms with E-state index >= 15 is 0 Å². The number of amides is 1. The lowest BCUT2D eigenvalue weighted by Crippen LogP contribution is -2.55. The highest BCUT2D eigenvalue weighted by molar-refractivity contribution is 5.67. The number of nitrogens with one attached hydrogen (secondary N) is 2. The Kier molecular flexibility index (Phi) is 7.66. The summed E-state index contributed by atoms with van der Waals surface area (Å²) in [6.45, 7) is 2.47. The highest BCUT2D eigenvalue weighted by Crippen LogP contribution is 2.61. The summed E-state index contributed by atoms with van der Waals surface area (Å²) in [6.07, 6.45) is 5.35. The number of methoxy groups -OCH3 is 2. The second-order valence-electron chi connectivity index (χ2n) is 8.40. The van der Waals surface area contributed by atoms with Crippen molar-refractivity contribution in [2.75, 3.05) is 34.9 Å². The minimum Gasteiger partial charge on any atom is -0.479 e. The third-order valence-corrected chi connectivity index (χ3v) is 6.74. The van der Waals surface area contributed by atoms with Crippen molar-refractivity contribution >= 4 is 6.09 Å². The van der Waals surface area contributed by atoms with Gasteiger partial charge in [0.25, 0.3) is 5.88 Å². The Bertz CT molecular complexity index is 769. The molecule has 0 aliphatic heterocycles. The molecule has 5 unspecified atom stereocenters. The molecule has 10 heteroatoms. The Morgan fingerprint density at radius 3 is 2.84 bits per heavy atom. The summed E-state index contributed by atoms with van der Waals surface area (Å²) in [4.78, 5) is 22.3. The summed E-state index contributed by atoms with van der Waals surface area (Å²) in [5.41, 5.74) is 6.07. The lowest BCUT2D eigenvalue weighted by Gasteiger charge is -2.35. The van der Waals surface area contributed by atoms with Crippen molar-refractivity contribution in [3.63, 3.8) is 0 Å². The molecule has 0 bridgehead atoms. The number of halogens is 1. The van der Waals surface area contributed by atoms with Crippen LogP contribution in [0.1, 0.15) is 44.9 Å². The molecule has 1 amide bonds. The molecule has 1 aromatic heterocycles. The molecular formula is C21H34FN5O4. The third kappa shape index (κ3) is 4.91. The highest BCUT2D eigenvalue weighted by atomic mass is 19.1. The molecule has 0 radical (unpaired) electrons. The lowest BCUT2D eigenvalue weighted by molar-refractivity contribution is -0.0165. The van der Waals surface area contributed by atoms with Gasteiger partial charge in [0, 0.05) is 18.5 Å². The molecule has 174 valence electrons. The smallest absolute Gasteiger partial charge is 0.409 e. The predicted molar refractivity (Wildman–Crippen MR) is 112 cm³/mol. The Morgan fingerprint density at radius 2 is 2.23 bits per heavy atom. The summed E-state index contributed by atoms with van der Waals surface area (Å²) in [7, 11) is 6.32. The van der Waals surface area contributed by atoms with E-state index in [1.807, 2.05) is 0 Å². The molecule has 0 spiro atoms. The fraction of sp³-hybridized carbons (Fsp3) is 0.762. The average Bonchev–Trinajstić information content (AvgIpc) is 3.52. The molecule has 0 saturated heterocycles. The number of hydrogen-bond donors (Lipinski definition) is 2. The lowest BCUT2D eigenvalue weighted by atomic mass is 9.86. The molecule has 1 aromatic rings. The number of likely N-dealkylation sites (N-methyl/N-ethyl adjacent to an activating group) is 1. The maximum Gasteiger partial charge on any atom is 0.409 e. The van der Waals surface area contributed by atoms with Crippen molar-refractivity contribution in [2.24, 2.45) is 5.92 Å². The fourth-order valence-electron chi connectivity index (χ4n) is 4.79. The number of carbonyl (C=O) groups excluding carboxylic acids is 1. The van der Waals surface area contributed by atoms with Gasteiger partial charge in [0.2, 0.25) is 5.82 Å². The largest absolute Gasteiger partial charge is 0.479 e. The Balaban J connectivity index is 1.61. The molecule has 2 N–H and O–H groups in total. The topological polar surface area (TPSA) is 97.8 Å². The SMILES string of the molecule is CCC(NNC)C(COC1CCC2(c3ncc(F)c(OC)n3)CC2C1)N(C)C(=O)OC. The van der Waals surface area contributed by atoms with Crippen LogP contribution in [-0.4, -0.2) is 74.1 Å². The zero-order valence-electron chi connectivity index (χ0n) is 19.0. The monoisotopic (exact) mass is 439 g/mol. The van der Waals surface area contributed by atoms with Crippen LogP contribution in [-0.2, 0) is 14.9 Å². The Labute approximate surface area is 183 Å². The molecule has 2 aliphatic rings. The molecule has 2 saturated carbocycles. The molecule has 1 heterocycles. The fourth-order valence-corrected chi connectivity index (χ4v) is 4.79. The van der Waals surface area contributed by atoms with Crippen LogP contribution in [0, 0.1) is 11.7 Å². The van der Waals surface area contributed by atoms with E-state index in [1.165, 1.54) is 20.4 Å². The quantitative estimate of drug-likeness (QED) is 0.535. The number of ether oxygens (including phenoxy) is 3. The van der Waals surface area contributed by atoms with Gasteiger partial charge in [-0.2, -0.15) is 9.37 Å². The van der Waals surface area contributed by atoms with Crippen LogP contribution < -0.4 is 15.6 Å². The second-order valence-corrected chi connectivity index (χ2v) is 8.40. The van der Waals surface area contributed by atoms with E-state index in [1.54, 1.807) is 19.0 Å². The van der Waals surface area contributed by atoms with Gasteiger partial charge in [-0.15, -0.1) is 0 Å². The minimum absolute atomic E-state index is 0.000251. The number of hydrogen-bond acceptors (Lipinski definition) is 8. The summed E-state index contributed by atoms with van der Waals surface area (Å²) in [5.74, 6) is 0.537. The standard InChI is InChI=1S/C21H34FN5O4/c1-6-16(26-23-2)17(27(3)20(28)30-5)12-31-14-7-8-21(10-13(21)9-14)19-24-11-15(22)18(25-19)29-4/h11,13-14,16-17,23,26H,6-10,12H2,1-5H3. The van der Waals surface area contributed by atoms with Crippen molar-refractivity contribution in [1.82, 2.24) is 25.7 Å². The first-order valence-corrected chi connectivity index (χ1v) is 10.8. The number of nitrogens with zero attached hydrogens (tertiary/aromatic N) is 3. The zero-order chi connectivity index (χ0) is 22.6. The van der Waals surface area contributed by atoms with E-state index in [0.717, 1.165) is 32.1 Å². The van der Waals surface area contributed by atoms with E-state index in [9.17, 15) is 9.18 Å². The van der Waals surface area contributed by atoms with E-state index < -0.39 is 11.9 Å². The molecular weight excluding hydrogens is 405 g/mol. The molecule has 2 aliphatic carbocycles. The molecule has 0 aromatic carbocycles. The van der Waals surface area contributed by atoms with E-state index in [2.05, 4.69) is 27.7 Å². The van der Waals surface area contributed by atoms with Gasteiger partial charge in [-0.3, -0.25) is 10.9 Å². The van der Waals surface area contributed by atoms with Crippen molar-refractivity contribution < 1.29 is 23.4 Å². The van der Waals surface area contributed by atoms with E-state index in [4.69, 9.17) is 14.2 Å². The van der Waals surface area contributed by atoms with E-state index in [0.29, 0.717) is 18.3 Å². The number of aromatic nitrogens is 2. The highest BCUT2D eigenvalue weighted by Gasteiger charge is 2.60. The van der Waals surface area contributed by atoms with Crippen molar-refractivity contribution in [2.45, 2.75) is 62.6 Å². The van der Waals surface area contributed by atoms with Crippen LogP contribution in [0.3, 0.4) is 0 Å². The van der Waals surface area contributed by atoms with Crippen LogP contribution in [0.15, 0.2) is 6.20 Å². The van der Waals surface area contributed by atoms with Gasteiger partial charge < -0.3 is 19.1 Å². The first-order chi connectivity index (χ1) is 14.9. The van der Waals surface area contributed by atoms with Gasteiger partial charge in [-0.1, -0.05) is 6.92 Å².